The summed E-state index contributed by atoms with van der Waals surface area (Å²) in [5.74, 6) is 2.48. The van der Waals surface area contributed by atoms with Crippen LogP contribution < -0.4 is 14.8 Å². The third-order valence-corrected chi connectivity index (χ3v) is 6.82. The van der Waals surface area contributed by atoms with E-state index in [0.29, 0.717) is 29.8 Å². The van der Waals surface area contributed by atoms with Crippen LogP contribution in [0, 0.1) is 19.8 Å². The van der Waals surface area contributed by atoms with E-state index in [4.69, 9.17) is 14.0 Å². The van der Waals surface area contributed by atoms with Gasteiger partial charge >= 0.3 is 0 Å². The quantitative estimate of drug-likeness (QED) is 0.511. The molecule has 8 nitrogen and oxygen atoms in total. The predicted molar refractivity (Wildman–Crippen MR) is 133 cm³/mol. The van der Waals surface area contributed by atoms with Gasteiger partial charge in [-0.3, -0.25) is 9.69 Å². The molecular weight excluding hydrogens is 444 g/mol. The summed E-state index contributed by atoms with van der Waals surface area (Å²) in [6.07, 6.45) is 1.62. The van der Waals surface area contributed by atoms with Crippen LogP contribution in [0.4, 0.5) is 0 Å². The van der Waals surface area contributed by atoms with Gasteiger partial charge < -0.3 is 19.3 Å². The molecule has 4 rings (SSSR count). The van der Waals surface area contributed by atoms with Gasteiger partial charge in [-0.2, -0.15) is 4.98 Å². The third-order valence-electron chi connectivity index (χ3n) is 6.82. The molecule has 0 aliphatic carbocycles. The second-order valence-electron chi connectivity index (χ2n) is 9.21. The number of piperidine rings is 1. The molecule has 1 aliphatic heterocycles. The topological polar surface area (TPSA) is 89.7 Å². The second-order valence-corrected chi connectivity index (χ2v) is 9.21. The van der Waals surface area contributed by atoms with Crippen molar-refractivity contribution >= 4 is 5.91 Å². The lowest BCUT2D eigenvalue weighted by atomic mass is 9.95. The molecule has 0 radical (unpaired) electrons. The molecular formula is C27H34N4O4. The van der Waals surface area contributed by atoms with Gasteiger partial charge in [0.05, 0.1) is 26.8 Å². The van der Waals surface area contributed by atoms with Crippen LogP contribution in [0.3, 0.4) is 0 Å². The summed E-state index contributed by atoms with van der Waals surface area (Å²) in [5.41, 5.74) is 4.44. The number of ether oxygens (including phenoxy) is 2. The van der Waals surface area contributed by atoms with E-state index in [-0.39, 0.29) is 17.9 Å². The fourth-order valence-electron chi connectivity index (χ4n) is 4.40. The Morgan fingerprint density at radius 1 is 1.09 bits per heavy atom. The van der Waals surface area contributed by atoms with Gasteiger partial charge in [0.1, 0.15) is 0 Å². The molecule has 35 heavy (non-hydrogen) atoms. The van der Waals surface area contributed by atoms with Crippen LogP contribution >= 0.6 is 0 Å². The van der Waals surface area contributed by atoms with Crippen LogP contribution in [0.1, 0.15) is 48.4 Å². The number of hydrogen-bond acceptors (Lipinski definition) is 7. The van der Waals surface area contributed by atoms with Crippen molar-refractivity contribution in [3.63, 3.8) is 0 Å². The van der Waals surface area contributed by atoms with E-state index >= 15 is 0 Å². The largest absolute Gasteiger partial charge is 0.493 e. The second kappa shape index (κ2) is 10.9. The maximum Gasteiger partial charge on any atom is 0.241 e. The summed E-state index contributed by atoms with van der Waals surface area (Å²) in [7, 11) is 3.19. The molecule has 1 atom stereocenters. The molecule has 1 N–H and O–H groups in total. The van der Waals surface area contributed by atoms with Gasteiger partial charge in [0.2, 0.25) is 17.6 Å². The molecule has 1 unspecified atom stereocenters. The van der Waals surface area contributed by atoms with Crippen LogP contribution in [-0.4, -0.2) is 48.3 Å². The molecule has 1 aromatic heterocycles. The fraction of sp³-hybridized carbons (Fsp3) is 0.444. The monoisotopic (exact) mass is 478 g/mol. The van der Waals surface area contributed by atoms with Crippen LogP contribution in [0.25, 0.3) is 11.4 Å². The Labute approximate surface area is 206 Å². The van der Waals surface area contributed by atoms with Crippen LogP contribution in [0.5, 0.6) is 11.5 Å². The van der Waals surface area contributed by atoms with Gasteiger partial charge in [0.25, 0.3) is 0 Å². The Kier molecular flexibility index (Phi) is 7.70. The lowest BCUT2D eigenvalue weighted by molar-refractivity contribution is -0.127. The molecule has 1 saturated heterocycles. The van der Waals surface area contributed by atoms with E-state index in [9.17, 15) is 4.79 Å². The van der Waals surface area contributed by atoms with Gasteiger partial charge in [-0.05, 0) is 81.6 Å². The van der Waals surface area contributed by atoms with Crippen LogP contribution in [-0.2, 0) is 11.3 Å². The Morgan fingerprint density at radius 3 is 2.51 bits per heavy atom. The number of nitrogens with zero attached hydrogens (tertiary/aromatic N) is 3. The van der Waals surface area contributed by atoms with Crippen molar-refractivity contribution < 1.29 is 18.8 Å². The van der Waals surface area contributed by atoms with Gasteiger partial charge in [0.15, 0.2) is 11.5 Å². The first-order valence-corrected chi connectivity index (χ1v) is 12.0. The number of likely N-dealkylation sites (tertiary alicyclic amines) is 1. The van der Waals surface area contributed by atoms with Crippen molar-refractivity contribution in [2.24, 2.45) is 5.92 Å². The number of carbonyl (C=O) groups excluding carboxylic acids is 1. The molecule has 0 saturated carbocycles. The van der Waals surface area contributed by atoms with Crippen molar-refractivity contribution in [2.75, 3.05) is 27.3 Å². The summed E-state index contributed by atoms with van der Waals surface area (Å²) in [5, 5.41) is 7.32. The van der Waals surface area contributed by atoms with Crippen molar-refractivity contribution in [1.29, 1.82) is 0 Å². The van der Waals surface area contributed by atoms with Crippen LogP contribution in [0.15, 0.2) is 40.9 Å². The highest BCUT2D eigenvalue weighted by atomic mass is 16.5. The number of benzene rings is 2. The number of hydrogen-bond donors (Lipinski definition) is 1. The van der Waals surface area contributed by atoms with Gasteiger partial charge in [-0.1, -0.05) is 23.4 Å². The zero-order valence-corrected chi connectivity index (χ0v) is 21.1. The SMILES string of the molecule is COc1ccc(-c2noc(CN3CCC(C(=O)NC(C)c4ccc(C)c(C)c4)CC3)n2)cc1OC. The minimum absolute atomic E-state index is 0.00628. The molecule has 2 aromatic carbocycles. The first kappa shape index (κ1) is 24.7. The summed E-state index contributed by atoms with van der Waals surface area (Å²) in [4.78, 5) is 19.7. The maximum atomic E-state index is 12.9. The van der Waals surface area contributed by atoms with Crippen LogP contribution in [0.2, 0.25) is 0 Å². The van der Waals surface area contributed by atoms with E-state index in [1.54, 1.807) is 14.2 Å². The highest BCUT2D eigenvalue weighted by Crippen LogP contribution is 2.31. The summed E-state index contributed by atoms with van der Waals surface area (Å²) in [6, 6.07) is 11.9. The molecule has 8 heteroatoms. The average molecular weight is 479 g/mol. The van der Waals surface area contributed by atoms with Gasteiger partial charge in [-0.15, -0.1) is 0 Å². The highest BCUT2D eigenvalue weighted by molar-refractivity contribution is 5.79. The fourth-order valence-corrected chi connectivity index (χ4v) is 4.40. The minimum atomic E-state index is -0.00628. The van der Waals surface area contributed by atoms with Crippen molar-refractivity contribution in [3.05, 3.63) is 59.0 Å². The van der Waals surface area contributed by atoms with E-state index < -0.39 is 0 Å². The minimum Gasteiger partial charge on any atom is -0.493 e. The van der Waals surface area contributed by atoms with Gasteiger partial charge in [-0.25, -0.2) is 0 Å². The zero-order valence-electron chi connectivity index (χ0n) is 21.1. The Balaban J connectivity index is 1.29. The van der Waals surface area contributed by atoms with Crippen molar-refractivity contribution in [3.8, 4) is 22.9 Å². The number of aromatic nitrogens is 2. The molecule has 3 aromatic rings. The Bertz CT molecular complexity index is 1170. The molecule has 2 heterocycles. The smallest absolute Gasteiger partial charge is 0.241 e. The van der Waals surface area contributed by atoms with Gasteiger partial charge in [0, 0.05) is 11.5 Å². The standard InChI is InChI=1S/C27H34N4O4/c1-17-6-7-21(14-18(17)2)19(3)28-27(32)20-10-12-31(13-11-20)16-25-29-26(30-35-25)22-8-9-23(33-4)24(15-22)34-5/h6-9,14-15,19-20H,10-13,16H2,1-5H3,(H,28,32). The number of nitrogens with one attached hydrogen (secondary N) is 1. The number of methoxy groups -OCH3 is 2. The summed E-state index contributed by atoms with van der Waals surface area (Å²) >= 11 is 0. The Morgan fingerprint density at radius 2 is 1.83 bits per heavy atom. The maximum absolute atomic E-state index is 12.9. The highest BCUT2D eigenvalue weighted by Gasteiger charge is 2.27. The van der Waals surface area contributed by atoms with E-state index in [0.717, 1.165) is 37.1 Å². The van der Waals surface area contributed by atoms with Crippen molar-refractivity contribution in [2.45, 2.75) is 46.2 Å². The predicted octanol–water partition coefficient (Wildman–Crippen LogP) is 4.46. The number of rotatable bonds is 8. The lowest BCUT2D eigenvalue weighted by Gasteiger charge is -2.31. The number of aryl methyl sites for hydroxylation is 2. The first-order valence-electron chi connectivity index (χ1n) is 12.0. The van der Waals surface area contributed by atoms with E-state index in [1.165, 1.54) is 11.1 Å². The van der Waals surface area contributed by atoms with E-state index in [1.807, 2.05) is 25.1 Å². The third kappa shape index (κ3) is 5.82. The molecule has 186 valence electrons. The molecule has 1 fully saturated rings. The number of carbonyl (C=O) groups is 1. The summed E-state index contributed by atoms with van der Waals surface area (Å²) < 4.78 is 16.1. The number of amides is 1. The van der Waals surface area contributed by atoms with Crippen molar-refractivity contribution in [1.82, 2.24) is 20.4 Å². The first-order chi connectivity index (χ1) is 16.9. The zero-order chi connectivity index (χ0) is 24.9. The van der Waals surface area contributed by atoms with E-state index in [2.05, 4.69) is 52.4 Å². The normalized spacial score (nSPS) is 15.6. The summed E-state index contributed by atoms with van der Waals surface area (Å²) in [6.45, 7) is 8.43. The molecule has 1 amide bonds. The lowest BCUT2D eigenvalue weighted by Crippen LogP contribution is -2.41. The molecule has 0 bridgehead atoms. The molecule has 1 aliphatic rings. The molecule has 0 spiro atoms. The Hall–Kier alpha value is -3.39. The average Bonchev–Trinajstić information content (AvgIpc) is 3.34.